The molecule has 1 amide bonds. The molecular weight excluding hydrogens is 358 g/mol. The number of esters is 1. The molecule has 0 heterocycles. The van der Waals surface area contributed by atoms with Gasteiger partial charge in [-0.1, -0.05) is 40.7 Å². The molecule has 0 aliphatic rings. The Labute approximate surface area is 145 Å². The summed E-state index contributed by atoms with van der Waals surface area (Å²) in [7, 11) is 1.33. The van der Waals surface area contributed by atoms with Gasteiger partial charge in [0.1, 0.15) is 0 Å². The van der Waals surface area contributed by atoms with Crippen molar-refractivity contribution in [2.75, 3.05) is 20.2 Å². The maximum Gasteiger partial charge on any atom is 0.305 e. The summed E-state index contributed by atoms with van der Waals surface area (Å²) < 4.78 is 5.60. The largest absolute Gasteiger partial charge is 0.469 e. The second-order valence-corrected chi connectivity index (χ2v) is 6.01. The lowest BCUT2D eigenvalue weighted by Gasteiger charge is -2.22. The minimum absolute atomic E-state index is 0.147. The Morgan fingerprint density at radius 1 is 1.26 bits per heavy atom. The molecule has 1 aromatic rings. The fraction of sp³-hybridized carbons (Fsp3) is 0.333. The molecule has 0 aromatic heterocycles. The van der Waals surface area contributed by atoms with E-state index in [1.807, 2.05) is 24.3 Å². The Kier molecular flexibility index (Phi) is 8.33. The van der Waals surface area contributed by atoms with Gasteiger partial charge in [-0.3, -0.25) is 9.59 Å². The maximum atomic E-state index is 12.4. The molecule has 0 bridgehead atoms. The quantitative estimate of drug-likeness (QED) is 0.374. The van der Waals surface area contributed by atoms with Gasteiger partial charge < -0.3 is 9.64 Å². The minimum atomic E-state index is -0.343. The molecule has 1 aromatic carbocycles. The van der Waals surface area contributed by atoms with E-state index in [2.05, 4.69) is 33.8 Å². The molecule has 0 aliphatic heterocycles. The molecule has 0 saturated carbocycles. The number of methoxy groups -OCH3 is 1. The second kappa shape index (κ2) is 10.0. The van der Waals surface area contributed by atoms with Crippen LogP contribution in [-0.4, -0.2) is 37.0 Å². The lowest BCUT2D eigenvalue weighted by Crippen LogP contribution is -2.34. The Morgan fingerprint density at radius 3 is 2.48 bits per heavy atom. The van der Waals surface area contributed by atoms with Crippen LogP contribution in [0.15, 0.2) is 53.5 Å². The van der Waals surface area contributed by atoms with Crippen LogP contribution in [0.1, 0.15) is 18.4 Å². The summed E-state index contributed by atoms with van der Waals surface area (Å²) in [6.45, 7) is 8.51. The third-order valence-corrected chi connectivity index (χ3v) is 3.91. The molecule has 0 radical (unpaired) electrons. The Bertz CT molecular complexity index is 566. The van der Waals surface area contributed by atoms with E-state index in [0.717, 1.165) is 16.5 Å². The first-order valence-electron chi connectivity index (χ1n) is 7.37. The monoisotopic (exact) mass is 379 g/mol. The van der Waals surface area contributed by atoms with Gasteiger partial charge in [-0.05, 0) is 30.5 Å². The summed E-state index contributed by atoms with van der Waals surface area (Å²) in [5.74, 6) is -0.491. The smallest absolute Gasteiger partial charge is 0.305 e. The van der Waals surface area contributed by atoms with Crippen LogP contribution in [0.5, 0.6) is 0 Å². The van der Waals surface area contributed by atoms with E-state index in [4.69, 9.17) is 0 Å². The van der Waals surface area contributed by atoms with Crippen molar-refractivity contribution in [2.24, 2.45) is 0 Å². The summed E-state index contributed by atoms with van der Waals surface area (Å²) in [5.41, 5.74) is 1.56. The Balaban J connectivity index is 2.59. The van der Waals surface area contributed by atoms with Gasteiger partial charge in [-0.15, -0.1) is 6.58 Å². The lowest BCUT2D eigenvalue weighted by atomic mass is 10.1. The molecule has 0 atom stereocenters. The van der Waals surface area contributed by atoms with Gasteiger partial charge in [-0.2, -0.15) is 0 Å². The van der Waals surface area contributed by atoms with Gasteiger partial charge in [0.2, 0.25) is 5.91 Å². The van der Waals surface area contributed by atoms with E-state index in [-0.39, 0.29) is 18.3 Å². The van der Waals surface area contributed by atoms with E-state index in [1.54, 1.807) is 11.0 Å². The fourth-order valence-corrected chi connectivity index (χ4v) is 2.30. The first-order chi connectivity index (χ1) is 11.0. The number of ether oxygens (including phenoxy) is 1. The molecule has 124 valence electrons. The molecule has 4 nitrogen and oxygen atoms in total. The Hall–Kier alpha value is -1.88. The van der Waals surface area contributed by atoms with Crippen LogP contribution in [0, 0.1) is 0 Å². The predicted molar refractivity (Wildman–Crippen MR) is 95.0 cm³/mol. The van der Waals surface area contributed by atoms with Gasteiger partial charge in [0.15, 0.2) is 0 Å². The van der Waals surface area contributed by atoms with Crippen molar-refractivity contribution in [3.8, 4) is 0 Å². The van der Waals surface area contributed by atoms with Crippen LogP contribution >= 0.6 is 15.9 Å². The first kappa shape index (κ1) is 19.2. The highest BCUT2D eigenvalue weighted by Crippen LogP contribution is 2.13. The zero-order valence-corrected chi connectivity index (χ0v) is 15.0. The van der Waals surface area contributed by atoms with E-state index in [0.29, 0.717) is 25.1 Å². The van der Waals surface area contributed by atoms with Crippen LogP contribution in [0.25, 0.3) is 0 Å². The minimum Gasteiger partial charge on any atom is -0.469 e. The SMILES string of the molecule is C=CCN(CCc1ccc(Br)cc1)C(=O)C(=C)CCC(=O)OC. The first-order valence-corrected chi connectivity index (χ1v) is 8.16. The van der Waals surface area contributed by atoms with E-state index >= 15 is 0 Å². The van der Waals surface area contributed by atoms with Crippen molar-refractivity contribution in [1.29, 1.82) is 0 Å². The molecular formula is C18H22BrNO3. The van der Waals surface area contributed by atoms with Crippen molar-refractivity contribution < 1.29 is 14.3 Å². The van der Waals surface area contributed by atoms with Crippen molar-refractivity contribution >= 4 is 27.8 Å². The van der Waals surface area contributed by atoms with Crippen molar-refractivity contribution in [3.63, 3.8) is 0 Å². The molecule has 1 rings (SSSR count). The van der Waals surface area contributed by atoms with Crippen molar-refractivity contribution in [1.82, 2.24) is 4.90 Å². The van der Waals surface area contributed by atoms with Crippen LogP contribution in [0.2, 0.25) is 0 Å². The van der Waals surface area contributed by atoms with Crippen molar-refractivity contribution in [2.45, 2.75) is 19.3 Å². The summed E-state index contributed by atoms with van der Waals surface area (Å²) >= 11 is 3.40. The summed E-state index contributed by atoms with van der Waals surface area (Å²) in [5, 5.41) is 0. The molecule has 0 spiro atoms. The standard InChI is InChI=1S/C18H22BrNO3/c1-4-12-20(13-11-15-6-8-16(19)9-7-15)18(22)14(2)5-10-17(21)23-3/h4,6-9H,1-2,5,10-13H2,3H3. The summed E-state index contributed by atoms with van der Waals surface area (Å²) in [4.78, 5) is 25.3. The topological polar surface area (TPSA) is 46.6 Å². The van der Waals surface area contributed by atoms with Gasteiger partial charge in [0.05, 0.1) is 7.11 Å². The maximum absolute atomic E-state index is 12.4. The zero-order valence-electron chi connectivity index (χ0n) is 13.4. The van der Waals surface area contributed by atoms with E-state index < -0.39 is 0 Å². The number of amides is 1. The fourth-order valence-electron chi connectivity index (χ4n) is 2.03. The van der Waals surface area contributed by atoms with Gasteiger partial charge >= 0.3 is 5.97 Å². The number of carbonyl (C=O) groups excluding carboxylic acids is 2. The number of benzene rings is 1. The van der Waals surface area contributed by atoms with Gasteiger partial charge in [0, 0.05) is 29.6 Å². The molecule has 0 N–H and O–H groups in total. The molecule has 23 heavy (non-hydrogen) atoms. The summed E-state index contributed by atoms with van der Waals surface area (Å²) in [6.07, 6.45) is 2.90. The number of hydrogen-bond donors (Lipinski definition) is 0. The van der Waals surface area contributed by atoms with Crippen LogP contribution < -0.4 is 0 Å². The number of rotatable bonds is 9. The third-order valence-electron chi connectivity index (χ3n) is 3.38. The number of nitrogens with zero attached hydrogens (tertiary/aromatic N) is 1. The van der Waals surface area contributed by atoms with Crippen molar-refractivity contribution in [3.05, 3.63) is 59.1 Å². The zero-order chi connectivity index (χ0) is 17.2. The van der Waals surface area contributed by atoms with Gasteiger partial charge in [0.25, 0.3) is 0 Å². The number of halogens is 1. The molecule has 0 aliphatic carbocycles. The van der Waals surface area contributed by atoms with E-state index in [9.17, 15) is 9.59 Å². The highest BCUT2D eigenvalue weighted by Gasteiger charge is 2.16. The molecule has 0 fully saturated rings. The summed E-state index contributed by atoms with van der Waals surface area (Å²) in [6, 6.07) is 7.99. The average molecular weight is 380 g/mol. The average Bonchev–Trinajstić information content (AvgIpc) is 2.56. The highest BCUT2D eigenvalue weighted by molar-refractivity contribution is 9.10. The van der Waals surface area contributed by atoms with Crippen LogP contribution in [0.4, 0.5) is 0 Å². The third kappa shape index (κ3) is 6.82. The molecule has 5 heteroatoms. The number of hydrogen-bond acceptors (Lipinski definition) is 3. The lowest BCUT2D eigenvalue weighted by molar-refractivity contribution is -0.140. The van der Waals surface area contributed by atoms with Gasteiger partial charge in [-0.25, -0.2) is 0 Å². The highest BCUT2D eigenvalue weighted by atomic mass is 79.9. The molecule has 0 saturated heterocycles. The van der Waals surface area contributed by atoms with E-state index in [1.165, 1.54) is 7.11 Å². The predicted octanol–water partition coefficient (Wildman–Crippen LogP) is 3.52. The Morgan fingerprint density at radius 2 is 1.91 bits per heavy atom. The second-order valence-electron chi connectivity index (χ2n) is 5.10. The van der Waals surface area contributed by atoms with Crippen LogP contribution in [0.3, 0.4) is 0 Å². The number of carbonyl (C=O) groups is 2. The van der Waals surface area contributed by atoms with Crippen LogP contribution in [-0.2, 0) is 20.7 Å². The normalized spacial score (nSPS) is 10.0. The molecule has 0 unspecified atom stereocenters.